The first-order chi connectivity index (χ1) is 7.92. The summed E-state index contributed by atoms with van der Waals surface area (Å²) in [6, 6.07) is 0.598. The molecule has 16 heavy (non-hydrogen) atoms. The lowest BCUT2D eigenvalue weighted by molar-refractivity contribution is 0.394. The first-order valence-corrected chi connectivity index (χ1v) is 6.46. The minimum atomic E-state index is 0.598. The van der Waals surface area contributed by atoms with Crippen LogP contribution in [0.3, 0.4) is 0 Å². The monoisotopic (exact) mass is 217 g/mol. The first-order valence-electron chi connectivity index (χ1n) is 6.46. The smallest absolute Gasteiger partial charge is 0.129 e. The summed E-state index contributed by atoms with van der Waals surface area (Å²) in [7, 11) is 0. The van der Waals surface area contributed by atoms with Gasteiger partial charge in [0.05, 0.1) is 0 Å². The zero-order chi connectivity index (χ0) is 10.8. The van der Waals surface area contributed by atoms with E-state index in [9.17, 15) is 0 Å². The number of nitrogens with one attached hydrogen (secondary N) is 1. The summed E-state index contributed by atoms with van der Waals surface area (Å²) in [5.41, 5.74) is 1.33. The molecule has 3 heteroatoms. The summed E-state index contributed by atoms with van der Waals surface area (Å²) in [6.45, 7) is 1.16. The van der Waals surface area contributed by atoms with Crippen LogP contribution in [0.25, 0.3) is 0 Å². The predicted molar refractivity (Wildman–Crippen MR) is 63.4 cm³/mol. The molecule has 0 aromatic carbocycles. The Morgan fingerprint density at radius 3 is 2.56 bits per heavy atom. The number of nitrogens with zero attached hydrogens (tertiary/aromatic N) is 2. The van der Waals surface area contributed by atoms with Crippen molar-refractivity contribution in [2.24, 2.45) is 0 Å². The van der Waals surface area contributed by atoms with E-state index >= 15 is 0 Å². The van der Waals surface area contributed by atoms with Gasteiger partial charge in [0.25, 0.3) is 0 Å². The third-order valence-electron chi connectivity index (χ3n) is 3.62. The van der Waals surface area contributed by atoms with Gasteiger partial charge >= 0.3 is 0 Å². The number of aromatic nitrogens is 2. The summed E-state index contributed by atoms with van der Waals surface area (Å²) >= 11 is 0. The molecule has 0 radical (unpaired) electrons. The molecule has 0 bridgehead atoms. The van der Waals surface area contributed by atoms with Crippen molar-refractivity contribution in [2.75, 3.05) is 6.54 Å². The van der Waals surface area contributed by atoms with Crippen molar-refractivity contribution in [1.29, 1.82) is 0 Å². The van der Waals surface area contributed by atoms with Crippen molar-refractivity contribution < 1.29 is 0 Å². The molecule has 1 aromatic rings. The van der Waals surface area contributed by atoms with Gasteiger partial charge in [-0.1, -0.05) is 6.42 Å². The molecule has 0 spiro atoms. The van der Waals surface area contributed by atoms with Gasteiger partial charge in [0.1, 0.15) is 5.82 Å². The van der Waals surface area contributed by atoms with Crippen molar-refractivity contribution in [1.82, 2.24) is 15.3 Å². The van der Waals surface area contributed by atoms with Gasteiger partial charge in [0.2, 0.25) is 0 Å². The minimum absolute atomic E-state index is 0.598. The molecular weight excluding hydrogens is 198 g/mol. The molecule has 2 aliphatic rings. The van der Waals surface area contributed by atoms with E-state index in [1.807, 2.05) is 12.4 Å². The highest BCUT2D eigenvalue weighted by atomic mass is 14.9. The third kappa shape index (κ3) is 2.40. The van der Waals surface area contributed by atoms with E-state index in [1.54, 1.807) is 0 Å². The number of hydrogen-bond donors (Lipinski definition) is 1. The molecule has 1 aliphatic heterocycles. The number of hydrogen-bond acceptors (Lipinski definition) is 3. The molecule has 1 unspecified atom stereocenters. The summed E-state index contributed by atoms with van der Waals surface area (Å²) in [5.74, 6) is 1.77. The number of piperidine rings is 1. The van der Waals surface area contributed by atoms with Crippen LogP contribution in [-0.4, -0.2) is 22.6 Å². The van der Waals surface area contributed by atoms with Crippen LogP contribution >= 0.6 is 0 Å². The fourth-order valence-electron chi connectivity index (χ4n) is 2.42. The molecule has 0 amide bonds. The zero-order valence-electron chi connectivity index (χ0n) is 9.65. The topological polar surface area (TPSA) is 37.8 Å². The summed E-state index contributed by atoms with van der Waals surface area (Å²) in [6.07, 6.45) is 11.6. The lowest BCUT2D eigenvalue weighted by Crippen LogP contribution is -2.36. The second-order valence-electron chi connectivity index (χ2n) is 5.06. The minimum Gasteiger partial charge on any atom is -0.314 e. The van der Waals surface area contributed by atoms with Crippen LogP contribution in [0.1, 0.15) is 49.4 Å². The van der Waals surface area contributed by atoms with Crippen LogP contribution in [0.2, 0.25) is 0 Å². The predicted octanol–water partition coefficient (Wildman–Crippen LogP) is 2.04. The van der Waals surface area contributed by atoms with E-state index in [0.29, 0.717) is 6.04 Å². The van der Waals surface area contributed by atoms with Crippen LogP contribution < -0.4 is 5.32 Å². The lowest BCUT2D eigenvalue weighted by Gasteiger charge is -2.22. The average molecular weight is 217 g/mol. The molecule has 1 aliphatic carbocycles. The van der Waals surface area contributed by atoms with Gasteiger partial charge in [-0.3, -0.25) is 0 Å². The molecule has 1 N–H and O–H groups in total. The van der Waals surface area contributed by atoms with Gasteiger partial charge < -0.3 is 5.32 Å². The molecule has 1 aromatic heterocycles. The standard InChI is InChI=1S/C13H19N3/c1-2-6-14-12(3-1)7-13-15-8-11(9-16-13)10-4-5-10/h8-10,12,14H,1-7H2. The second kappa shape index (κ2) is 4.50. The normalized spacial score (nSPS) is 25.6. The van der Waals surface area contributed by atoms with E-state index in [1.165, 1.54) is 37.7 Å². The van der Waals surface area contributed by atoms with Gasteiger partial charge in [-0.2, -0.15) is 0 Å². The van der Waals surface area contributed by atoms with Crippen molar-refractivity contribution in [3.63, 3.8) is 0 Å². The summed E-state index contributed by atoms with van der Waals surface area (Å²) in [4.78, 5) is 8.97. The van der Waals surface area contributed by atoms with Gasteiger partial charge in [-0.25, -0.2) is 9.97 Å². The molecule has 1 saturated carbocycles. The van der Waals surface area contributed by atoms with E-state index in [4.69, 9.17) is 0 Å². The van der Waals surface area contributed by atoms with Gasteiger partial charge in [-0.15, -0.1) is 0 Å². The first kappa shape index (κ1) is 10.2. The van der Waals surface area contributed by atoms with Crippen molar-refractivity contribution in [2.45, 2.75) is 50.5 Å². The van der Waals surface area contributed by atoms with Crippen molar-refractivity contribution in [3.05, 3.63) is 23.8 Å². The van der Waals surface area contributed by atoms with E-state index < -0.39 is 0 Å². The molecular formula is C13H19N3. The third-order valence-corrected chi connectivity index (χ3v) is 3.62. The Balaban J connectivity index is 1.60. The molecule has 3 nitrogen and oxygen atoms in total. The zero-order valence-corrected chi connectivity index (χ0v) is 9.65. The highest BCUT2D eigenvalue weighted by Crippen LogP contribution is 2.39. The van der Waals surface area contributed by atoms with E-state index in [0.717, 1.165) is 24.7 Å². The van der Waals surface area contributed by atoms with Crippen molar-refractivity contribution in [3.8, 4) is 0 Å². The van der Waals surface area contributed by atoms with E-state index in [-0.39, 0.29) is 0 Å². The quantitative estimate of drug-likeness (QED) is 0.842. The van der Waals surface area contributed by atoms with Gasteiger partial charge in [-0.05, 0) is 43.7 Å². The van der Waals surface area contributed by atoms with Crippen LogP contribution in [0, 0.1) is 0 Å². The lowest BCUT2D eigenvalue weighted by atomic mass is 10.0. The van der Waals surface area contributed by atoms with Crippen LogP contribution in [0.15, 0.2) is 12.4 Å². The molecule has 2 fully saturated rings. The molecule has 86 valence electrons. The maximum atomic E-state index is 4.48. The fourth-order valence-corrected chi connectivity index (χ4v) is 2.42. The van der Waals surface area contributed by atoms with Crippen molar-refractivity contribution >= 4 is 0 Å². The Labute approximate surface area is 96.7 Å². The SMILES string of the molecule is c1nc(CC2CCCCN2)ncc1C1CC1. The van der Waals surface area contributed by atoms with Crippen LogP contribution in [-0.2, 0) is 6.42 Å². The Bertz CT molecular complexity index is 337. The maximum absolute atomic E-state index is 4.48. The summed E-state index contributed by atoms with van der Waals surface area (Å²) < 4.78 is 0. The largest absolute Gasteiger partial charge is 0.314 e. The molecule has 2 heterocycles. The van der Waals surface area contributed by atoms with Crippen LogP contribution in [0.4, 0.5) is 0 Å². The summed E-state index contributed by atoms with van der Waals surface area (Å²) in [5, 5.41) is 3.54. The highest BCUT2D eigenvalue weighted by Gasteiger charge is 2.24. The Morgan fingerprint density at radius 2 is 1.94 bits per heavy atom. The molecule has 1 saturated heterocycles. The number of rotatable bonds is 3. The fraction of sp³-hybridized carbons (Fsp3) is 0.692. The Morgan fingerprint density at radius 1 is 1.12 bits per heavy atom. The maximum Gasteiger partial charge on any atom is 0.129 e. The average Bonchev–Trinajstić information content (AvgIpc) is 3.15. The van der Waals surface area contributed by atoms with Gasteiger partial charge in [0.15, 0.2) is 0 Å². The second-order valence-corrected chi connectivity index (χ2v) is 5.06. The van der Waals surface area contributed by atoms with Crippen LogP contribution in [0.5, 0.6) is 0 Å². The highest BCUT2D eigenvalue weighted by molar-refractivity contribution is 5.17. The Hall–Kier alpha value is -0.960. The van der Waals surface area contributed by atoms with Gasteiger partial charge in [0, 0.05) is 24.9 Å². The molecule has 1 atom stereocenters. The van der Waals surface area contributed by atoms with E-state index in [2.05, 4.69) is 15.3 Å². The molecule has 3 rings (SSSR count). The Kier molecular flexibility index (Phi) is 2.87.